The second-order valence-corrected chi connectivity index (χ2v) is 3.91. The van der Waals surface area contributed by atoms with Gasteiger partial charge in [0.15, 0.2) is 0 Å². The summed E-state index contributed by atoms with van der Waals surface area (Å²) in [5.74, 6) is 0. The van der Waals surface area contributed by atoms with Gasteiger partial charge in [0.1, 0.15) is 5.69 Å². The first kappa shape index (κ1) is 10.9. The third-order valence-electron chi connectivity index (χ3n) is 3.23. The van der Waals surface area contributed by atoms with Crippen LogP contribution in [-0.2, 0) is 5.41 Å². The van der Waals surface area contributed by atoms with Crippen LogP contribution in [0.15, 0.2) is 29.4 Å². The van der Waals surface area contributed by atoms with Gasteiger partial charge < -0.3 is 0 Å². The minimum absolute atomic E-state index is 0.224. The predicted molar refractivity (Wildman–Crippen MR) is 59.8 cm³/mol. The molecule has 1 rings (SSSR count). The van der Waals surface area contributed by atoms with E-state index in [9.17, 15) is 4.91 Å². The highest BCUT2D eigenvalue weighted by atomic mass is 16.3. The van der Waals surface area contributed by atoms with E-state index >= 15 is 0 Å². The molecule has 2 nitrogen and oxygen atoms in total. The predicted octanol–water partition coefficient (Wildman–Crippen LogP) is 4.16. The van der Waals surface area contributed by atoms with Crippen LogP contribution in [0.5, 0.6) is 0 Å². The Morgan fingerprint density at radius 1 is 1.14 bits per heavy atom. The van der Waals surface area contributed by atoms with Gasteiger partial charge in [-0.2, -0.15) is 0 Å². The van der Waals surface area contributed by atoms with Gasteiger partial charge in [0.2, 0.25) is 0 Å². The molecule has 0 N–H and O–H groups in total. The molecule has 0 aliphatic heterocycles. The van der Waals surface area contributed by atoms with E-state index in [2.05, 4.69) is 25.9 Å². The van der Waals surface area contributed by atoms with E-state index < -0.39 is 0 Å². The summed E-state index contributed by atoms with van der Waals surface area (Å²) in [4.78, 5) is 10.3. The second-order valence-electron chi connectivity index (χ2n) is 3.91. The molecular formula is C12H17NO. The Bertz CT molecular complexity index is 299. The van der Waals surface area contributed by atoms with Gasteiger partial charge in [-0.25, -0.2) is 0 Å². The van der Waals surface area contributed by atoms with E-state index in [1.165, 1.54) is 5.56 Å². The molecule has 0 amide bonds. The second kappa shape index (κ2) is 4.36. The first-order valence-corrected chi connectivity index (χ1v) is 5.10. The van der Waals surface area contributed by atoms with Gasteiger partial charge in [0.25, 0.3) is 0 Å². The topological polar surface area (TPSA) is 29.4 Å². The molecular weight excluding hydrogens is 174 g/mol. The molecule has 0 fully saturated rings. The van der Waals surface area contributed by atoms with Crippen molar-refractivity contribution in [3.63, 3.8) is 0 Å². The molecule has 0 bridgehead atoms. The highest BCUT2D eigenvalue weighted by molar-refractivity contribution is 5.40. The number of hydrogen-bond donors (Lipinski definition) is 0. The largest absolute Gasteiger partial charge is 0.145 e. The SMILES string of the molecule is CCC(C)(CC)c1ccc(N=O)cc1. The molecule has 0 unspecified atom stereocenters. The lowest BCUT2D eigenvalue weighted by molar-refractivity contribution is 0.439. The average molecular weight is 191 g/mol. The van der Waals surface area contributed by atoms with Crippen molar-refractivity contribution >= 4 is 5.69 Å². The normalized spacial score (nSPS) is 11.4. The zero-order valence-electron chi connectivity index (χ0n) is 9.08. The molecule has 0 aliphatic rings. The smallest absolute Gasteiger partial charge is 0.108 e. The number of hydrogen-bond acceptors (Lipinski definition) is 2. The molecule has 0 saturated carbocycles. The quantitative estimate of drug-likeness (QED) is 0.657. The van der Waals surface area contributed by atoms with Crippen molar-refractivity contribution in [3.8, 4) is 0 Å². The van der Waals surface area contributed by atoms with Gasteiger partial charge in [0, 0.05) is 0 Å². The van der Waals surface area contributed by atoms with Crippen LogP contribution < -0.4 is 0 Å². The molecule has 0 radical (unpaired) electrons. The van der Waals surface area contributed by atoms with Gasteiger partial charge in [-0.05, 0) is 41.1 Å². The van der Waals surface area contributed by atoms with E-state index in [-0.39, 0.29) is 5.41 Å². The van der Waals surface area contributed by atoms with Gasteiger partial charge in [0.05, 0.1) is 0 Å². The van der Waals surface area contributed by atoms with Gasteiger partial charge in [-0.1, -0.05) is 32.9 Å². The fourth-order valence-corrected chi connectivity index (χ4v) is 1.58. The molecule has 1 aromatic carbocycles. The summed E-state index contributed by atoms with van der Waals surface area (Å²) in [5, 5.41) is 2.90. The van der Waals surface area contributed by atoms with Crippen LogP contribution >= 0.6 is 0 Å². The Morgan fingerprint density at radius 2 is 1.64 bits per heavy atom. The summed E-state index contributed by atoms with van der Waals surface area (Å²) in [6, 6.07) is 7.57. The van der Waals surface area contributed by atoms with Gasteiger partial charge in [-0.15, -0.1) is 4.91 Å². The fourth-order valence-electron chi connectivity index (χ4n) is 1.58. The molecule has 2 heteroatoms. The van der Waals surface area contributed by atoms with Crippen LogP contribution in [0.25, 0.3) is 0 Å². The number of nitroso groups, excluding NO2 is 1. The standard InChI is InChI=1S/C12H17NO/c1-4-12(3,5-2)10-6-8-11(13-14)9-7-10/h6-9H,4-5H2,1-3H3. The zero-order chi connectivity index (χ0) is 10.6. The maximum absolute atomic E-state index is 10.3. The molecule has 0 aliphatic carbocycles. The first-order valence-electron chi connectivity index (χ1n) is 5.10. The lowest BCUT2D eigenvalue weighted by atomic mass is 9.78. The number of benzene rings is 1. The maximum atomic E-state index is 10.3. The lowest BCUT2D eigenvalue weighted by Crippen LogP contribution is -2.19. The first-order chi connectivity index (χ1) is 6.66. The summed E-state index contributed by atoms with van der Waals surface area (Å²) in [6.07, 6.45) is 2.22. The average Bonchev–Trinajstić information content (AvgIpc) is 2.28. The van der Waals surface area contributed by atoms with Gasteiger partial charge >= 0.3 is 0 Å². The minimum atomic E-state index is 0.224. The van der Waals surface area contributed by atoms with E-state index in [0.29, 0.717) is 5.69 Å². The van der Waals surface area contributed by atoms with Crippen molar-refractivity contribution in [2.24, 2.45) is 5.18 Å². The Labute approximate surface area is 85.3 Å². The van der Waals surface area contributed by atoms with Crippen LogP contribution in [0.2, 0.25) is 0 Å². The van der Waals surface area contributed by atoms with Crippen molar-refractivity contribution in [2.75, 3.05) is 0 Å². The summed E-state index contributed by atoms with van der Waals surface area (Å²) in [6.45, 7) is 6.63. The molecule has 1 aromatic rings. The van der Waals surface area contributed by atoms with Crippen molar-refractivity contribution in [1.82, 2.24) is 0 Å². The highest BCUT2D eigenvalue weighted by Gasteiger charge is 2.21. The van der Waals surface area contributed by atoms with E-state index in [4.69, 9.17) is 0 Å². The molecule has 0 heterocycles. The molecule has 14 heavy (non-hydrogen) atoms. The van der Waals surface area contributed by atoms with Crippen LogP contribution in [0.3, 0.4) is 0 Å². The summed E-state index contributed by atoms with van der Waals surface area (Å²) in [7, 11) is 0. The fraction of sp³-hybridized carbons (Fsp3) is 0.500. The lowest BCUT2D eigenvalue weighted by Gasteiger charge is -2.27. The molecule has 0 spiro atoms. The zero-order valence-corrected chi connectivity index (χ0v) is 9.08. The summed E-state index contributed by atoms with van der Waals surface area (Å²) >= 11 is 0. The monoisotopic (exact) mass is 191 g/mol. The van der Waals surface area contributed by atoms with E-state index in [1.807, 2.05) is 12.1 Å². The van der Waals surface area contributed by atoms with Crippen LogP contribution in [0.1, 0.15) is 39.2 Å². The molecule has 0 saturated heterocycles. The third kappa shape index (κ3) is 2.00. The van der Waals surface area contributed by atoms with E-state index in [0.717, 1.165) is 12.8 Å². The van der Waals surface area contributed by atoms with Crippen molar-refractivity contribution in [3.05, 3.63) is 34.7 Å². The van der Waals surface area contributed by atoms with Crippen molar-refractivity contribution in [1.29, 1.82) is 0 Å². The Morgan fingerprint density at radius 3 is 2.00 bits per heavy atom. The Kier molecular flexibility index (Phi) is 3.39. The molecule has 0 aromatic heterocycles. The Balaban J connectivity index is 3.00. The number of rotatable bonds is 4. The highest BCUT2D eigenvalue weighted by Crippen LogP contribution is 2.31. The summed E-state index contributed by atoms with van der Waals surface area (Å²) in [5.41, 5.74) is 2.01. The van der Waals surface area contributed by atoms with Crippen LogP contribution in [0.4, 0.5) is 5.69 Å². The van der Waals surface area contributed by atoms with Crippen LogP contribution in [0, 0.1) is 4.91 Å². The molecule has 76 valence electrons. The molecule has 0 atom stereocenters. The van der Waals surface area contributed by atoms with Crippen LogP contribution in [-0.4, -0.2) is 0 Å². The summed E-state index contributed by atoms with van der Waals surface area (Å²) < 4.78 is 0. The minimum Gasteiger partial charge on any atom is -0.145 e. The van der Waals surface area contributed by atoms with E-state index in [1.54, 1.807) is 12.1 Å². The van der Waals surface area contributed by atoms with Crippen molar-refractivity contribution in [2.45, 2.75) is 39.0 Å². The van der Waals surface area contributed by atoms with Crippen molar-refractivity contribution < 1.29 is 0 Å². The van der Waals surface area contributed by atoms with Gasteiger partial charge in [-0.3, -0.25) is 0 Å². The number of nitrogens with zero attached hydrogens (tertiary/aromatic N) is 1. The maximum Gasteiger partial charge on any atom is 0.108 e. The Hall–Kier alpha value is -1.18. The third-order valence-corrected chi connectivity index (χ3v) is 3.23.